The van der Waals surface area contributed by atoms with Crippen LogP contribution in [-0.4, -0.2) is 22.4 Å². The number of nitrogens with one attached hydrogen (secondary N) is 2. The zero-order chi connectivity index (χ0) is 18.7. The summed E-state index contributed by atoms with van der Waals surface area (Å²) < 4.78 is 5.20. The van der Waals surface area contributed by atoms with E-state index in [9.17, 15) is 4.79 Å². The summed E-state index contributed by atoms with van der Waals surface area (Å²) in [6, 6.07) is 5.53. The Balaban J connectivity index is 2.06. The van der Waals surface area contributed by atoms with Crippen molar-refractivity contribution in [3.05, 3.63) is 41.7 Å². The second-order valence-electron chi connectivity index (χ2n) is 8.17. The smallest absolute Gasteiger partial charge is 0.239 e. The molecule has 0 radical (unpaired) electrons. The molecule has 2 aromatic rings. The van der Waals surface area contributed by atoms with Gasteiger partial charge in [-0.05, 0) is 12.1 Å². The molecule has 2 N–H and O–H groups in total. The van der Waals surface area contributed by atoms with E-state index in [1.807, 2.05) is 12.1 Å². The van der Waals surface area contributed by atoms with Gasteiger partial charge in [0.25, 0.3) is 0 Å². The van der Waals surface area contributed by atoms with E-state index in [0.717, 1.165) is 17.3 Å². The Kier molecular flexibility index (Phi) is 5.50. The van der Waals surface area contributed by atoms with E-state index in [1.165, 1.54) is 0 Å². The maximum Gasteiger partial charge on any atom is 0.239 e. The van der Waals surface area contributed by atoms with Crippen LogP contribution in [0.15, 0.2) is 28.9 Å². The van der Waals surface area contributed by atoms with Crippen LogP contribution in [0.1, 0.15) is 58.8 Å². The second-order valence-corrected chi connectivity index (χ2v) is 8.17. The van der Waals surface area contributed by atoms with E-state index in [-0.39, 0.29) is 23.3 Å². The SMILES string of the molecule is CC(C)(C)c1cc(NCC(=O)NCc2ccco2)nc(C(C)(C)C)n1. The van der Waals surface area contributed by atoms with Crippen LogP contribution in [0.5, 0.6) is 0 Å². The van der Waals surface area contributed by atoms with Gasteiger partial charge in [0.1, 0.15) is 17.4 Å². The molecule has 0 fully saturated rings. The number of carbonyl (C=O) groups is 1. The van der Waals surface area contributed by atoms with Crippen molar-refractivity contribution in [3.63, 3.8) is 0 Å². The first-order valence-corrected chi connectivity index (χ1v) is 8.49. The van der Waals surface area contributed by atoms with Crippen LogP contribution in [0.25, 0.3) is 0 Å². The normalized spacial score (nSPS) is 12.1. The van der Waals surface area contributed by atoms with Crippen LogP contribution < -0.4 is 10.6 Å². The molecule has 0 unspecified atom stereocenters. The number of furan rings is 1. The van der Waals surface area contributed by atoms with Crippen molar-refractivity contribution in [1.82, 2.24) is 15.3 Å². The molecule has 0 aliphatic heterocycles. The number of amides is 1. The maximum absolute atomic E-state index is 12.0. The van der Waals surface area contributed by atoms with Gasteiger partial charge in [-0.3, -0.25) is 4.79 Å². The van der Waals surface area contributed by atoms with Gasteiger partial charge in [0.15, 0.2) is 0 Å². The minimum absolute atomic E-state index is 0.0963. The molecule has 2 rings (SSSR count). The van der Waals surface area contributed by atoms with Gasteiger partial charge in [0.05, 0.1) is 25.0 Å². The average molecular weight is 344 g/mol. The molecule has 0 atom stereocenters. The van der Waals surface area contributed by atoms with Crippen molar-refractivity contribution in [2.45, 2.75) is 58.9 Å². The number of aromatic nitrogens is 2. The Morgan fingerprint density at radius 2 is 1.84 bits per heavy atom. The summed E-state index contributed by atoms with van der Waals surface area (Å²) in [5, 5.41) is 5.91. The molecule has 0 saturated carbocycles. The Morgan fingerprint density at radius 1 is 1.12 bits per heavy atom. The molecule has 2 heterocycles. The summed E-state index contributed by atoms with van der Waals surface area (Å²) in [6.07, 6.45) is 1.59. The lowest BCUT2D eigenvalue weighted by Crippen LogP contribution is -2.30. The predicted octanol–water partition coefficient (Wildman–Crippen LogP) is 3.39. The molecule has 1 amide bonds. The lowest BCUT2D eigenvalue weighted by molar-refractivity contribution is -0.119. The van der Waals surface area contributed by atoms with Crippen LogP contribution in [0.2, 0.25) is 0 Å². The predicted molar refractivity (Wildman–Crippen MR) is 98.5 cm³/mol. The van der Waals surface area contributed by atoms with Crippen LogP contribution in [-0.2, 0) is 22.2 Å². The van der Waals surface area contributed by atoms with E-state index in [0.29, 0.717) is 12.4 Å². The number of anilines is 1. The van der Waals surface area contributed by atoms with Crippen LogP contribution >= 0.6 is 0 Å². The van der Waals surface area contributed by atoms with Gasteiger partial charge in [-0.25, -0.2) is 9.97 Å². The molecule has 0 spiro atoms. The zero-order valence-corrected chi connectivity index (χ0v) is 15.9. The molecule has 0 aromatic carbocycles. The van der Waals surface area contributed by atoms with Gasteiger partial charge in [0, 0.05) is 16.9 Å². The summed E-state index contributed by atoms with van der Waals surface area (Å²) in [6.45, 7) is 13.1. The second kappa shape index (κ2) is 7.25. The van der Waals surface area contributed by atoms with Crippen molar-refractivity contribution < 1.29 is 9.21 Å². The summed E-state index contributed by atoms with van der Waals surface area (Å²) in [7, 11) is 0. The molecule has 136 valence electrons. The van der Waals surface area contributed by atoms with Gasteiger partial charge in [-0.2, -0.15) is 0 Å². The number of hydrogen-bond acceptors (Lipinski definition) is 5. The van der Waals surface area contributed by atoms with Crippen LogP contribution in [0.4, 0.5) is 5.82 Å². The highest BCUT2D eigenvalue weighted by atomic mass is 16.3. The van der Waals surface area contributed by atoms with Crippen LogP contribution in [0.3, 0.4) is 0 Å². The van der Waals surface area contributed by atoms with Gasteiger partial charge in [-0.15, -0.1) is 0 Å². The minimum atomic E-state index is -0.167. The highest BCUT2D eigenvalue weighted by molar-refractivity contribution is 5.80. The molecule has 25 heavy (non-hydrogen) atoms. The average Bonchev–Trinajstić information content (AvgIpc) is 3.02. The van der Waals surface area contributed by atoms with Crippen molar-refractivity contribution in [3.8, 4) is 0 Å². The number of hydrogen-bond donors (Lipinski definition) is 2. The fourth-order valence-electron chi connectivity index (χ4n) is 2.09. The molecular formula is C19H28N4O2. The van der Waals surface area contributed by atoms with Gasteiger partial charge in [0.2, 0.25) is 5.91 Å². The molecular weight excluding hydrogens is 316 g/mol. The third-order valence-corrected chi connectivity index (χ3v) is 3.64. The quantitative estimate of drug-likeness (QED) is 0.869. The maximum atomic E-state index is 12.0. The lowest BCUT2D eigenvalue weighted by atomic mass is 9.90. The van der Waals surface area contributed by atoms with Gasteiger partial charge >= 0.3 is 0 Å². The Hall–Kier alpha value is -2.37. The third-order valence-electron chi connectivity index (χ3n) is 3.64. The Morgan fingerprint density at radius 3 is 2.40 bits per heavy atom. The molecule has 2 aromatic heterocycles. The zero-order valence-electron chi connectivity index (χ0n) is 15.9. The number of rotatable bonds is 5. The fourth-order valence-corrected chi connectivity index (χ4v) is 2.09. The Labute approximate surface area is 149 Å². The number of carbonyl (C=O) groups excluding carboxylic acids is 1. The van der Waals surface area contributed by atoms with Crippen molar-refractivity contribution >= 4 is 11.7 Å². The first-order valence-electron chi connectivity index (χ1n) is 8.49. The molecule has 6 heteroatoms. The largest absolute Gasteiger partial charge is 0.467 e. The monoisotopic (exact) mass is 344 g/mol. The molecule has 0 bridgehead atoms. The van der Waals surface area contributed by atoms with Crippen molar-refractivity contribution in [2.75, 3.05) is 11.9 Å². The topological polar surface area (TPSA) is 80.0 Å². The molecule has 0 aliphatic carbocycles. The minimum Gasteiger partial charge on any atom is -0.467 e. The van der Waals surface area contributed by atoms with Gasteiger partial charge in [-0.1, -0.05) is 41.5 Å². The summed E-state index contributed by atoms with van der Waals surface area (Å²) in [4.78, 5) is 21.3. The number of nitrogens with zero attached hydrogens (tertiary/aromatic N) is 2. The van der Waals surface area contributed by atoms with Crippen LogP contribution in [0, 0.1) is 0 Å². The van der Waals surface area contributed by atoms with E-state index in [2.05, 4.69) is 57.2 Å². The first kappa shape index (κ1) is 19.0. The highest BCUT2D eigenvalue weighted by Gasteiger charge is 2.23. The fraction of sp³-hybridized carbons (Fsp3) is 0.526. The van der Waals surface area contributed by atoms with Gasteiger partial charge < -0.3 is 15.1 Å². The summed E-state index contributed by atoms with van der Waals surface area (Å²) >= 11 is 0. The summed E-state index contributed by atoms with van der Waals surface area (Å²) in [5.74, 6) is 2.03. The van der Waals surface area contributed by atoms with E-state index < -0.39 is 0 Å². The molecule has 0 saturated heterocycles. The third kappa shape index (κ3) is 5.59. The van der Waals surface area contributed by atoms with Crippen molar-refractivity contribution in [2.24, 2.45) is 0 Å². The summed E-state index contributed by atoms with van der Waals surface area (Å²) in [5.41, 5.74) is 0.686. The lowest BCUT2D eigenvalue weighted by Gasteiger charge is -2.24. The van der Waals surface area contributed by atoms with Crippen molar-refractivity contribution in [1.29, 1.82) is 0 Å². The first-order chi connectivity index (χ1) is 11.6. The Bertz CT molecular complexity index is 678. The van der Waals surface area contributed by atoms with E-state index in [1.54, 1.807) is 12.3 Å². The molecule has 6 nitrogen and oxygen atoms in total. The molecule has 0 aliphatic rings. The standard InChI is InChI=1S/C19H28N4O2/c1-18(2,3)14-10-15(23-17(22-14)19(4,5)6)20-12-16(24)21-11-13-8-7-9-25-13/h7-10H,11-12H2,1-6H3,(H,21,24)(H,20,22,23). The highest BCUT2D eigenvalue weighted by Crippen LogP contribution is 2.26. The van der Waals surface area contributed by atoms with E-state index in [4.69, 9.17) is 9.40 Å². The van der Waals surface area contributed by atoms with E-state index >= 15 is 0 Å².